The molecule has 5 rings (SSSR count). The number of likely N-dealkylation sites (tertiary alicyclic amines) is 1. The number of benzene rings is 1. The highest BCUT2D eigenvalue weighted by Crippen LogP contribution is 2.40. The third-order valence-corrected chi connectivity index (χ3v) is 7.47. The van der Waals surface area contributed by atoms with Crippen molar-refractivity contribution in [3.05, 3.63) is 41.5 Å². The summed E-state index contributed by atoms with van der Waals surface area (Å²) in [5.41, 5.74) is -0.387. The molecule has 0 aliphatic carbocycles. The van der Waals surface area contributed by atoms with Gasteiger partial charge in [-0.15, -0.1) is 0 Å². The third kappa shape index (κ3) is 4.59. The Morgan fingerprint density at radius 2 is 1.89 bits per heavy atom. The number of carbonyl (C=O) groups is 2. The van der Waals surface area contributed by atoms with E-state index in [1.54, 1.807) is 23.4 Å². The van der Waals surface area contributed by atoms with E-state index in [0.717, 1.165) is 17.0 Å². The number of aliphatic hydroxyl groups is 1. The van der Waals surface area contributed by atoms with E-state index >= 15 is 0 Å². The monoisotopic (exact) mass is 542 g/mol. The zero-order chi connectivity index (χ0) is 27.6. The van der Waals surface area contributed by atoms with Crippen LogP contribution in [0.4, 0.5) is 33.3 Å². The van der Waals surface area contributed by atoms with Gasteiger partial charge >= 0.3 is 0 Å². The number of nitrogens with zero attached hydrogens (tertiary/aromatic N) is 5. The lowest BCUT2D eigenvalue weighted by molar-refractivity contribution is -0.141. The number of amides is 2. The van der Waals surface area contributed by atoms with Crippen LogP contribution in [0.2, 0.25) is 0 Å². The second-order valence-electron chi connectivity index (χ2n) is 10.5. The molecule has 3 aliphatic rings. The van der Waals surface area contributed by atoms with Crippen molar-refractivity contribution >= 4 is 23.2 Å². The standard InChI is InChI=1S/C24H27F5N6O3/c1-13-9-35-18(10-33(13)22(38)31-14-5-15(25)20(27)16(26)6-14)17(8-30-35)34-11-23(2,7-19(34)36)21(37)32-4-3-24(28,29)12-32/h5-6,8,13,22,31,38H,3-4,7,9-12H2,1-2H3/t13-,22?,23?/m0/s1. The van der Waals surface area contributed by atoms with Crippen LogP contribution in [0.25, 0.3) is 0 Å². The fourth-order valence-electron chi connectivity index (χ4n) is 5.40. The zero-order valence-electron chi connectivity index (χ0n) is 20.7. The molecule has 206 valence electrons. The van der Waals surface area contributed by atoms with Crippen molar-refractivity contribution in [3.63, 3.8) is 0 Å². The van der Waals surface area contributed by atoms with E-state index < -0.39 is 54.0 Å². The quantitative estimate of drug-likeness (QED) is 0.343. The molecule has 2 N–H and O–H groups in total. The molecular formula is C24H27F5N6O3. The summed E-state index contributed by atoms with van der Waals surface area (Å²) in [5, 5.41) is 17.7. The highest BCUT2D eigenvalue weighted by atomic mass is 19.3. The van der Waals surface area contributed by atoms with E-state index in [2.05, 4.69) is 10.4 Å². The number of fused-ring (bicyclic) bond motifs is 1. The largest absolute Gasteiger partial charge is 0.361 e. The van der Waals surface area contributed by atoms with Crippen LogP contribution < -0.4 is 10.2 Å². The summed E-state index contributed by atoms with van der Waals surface area (Å²) in [7, 11) is 0. The topological polar surface area (TPSA) is 93.9 Å². The van der Waals surface area contributed by atoms with Crippen molar-refractivity contribution in [3.8, 4) is 0 Å². The zero-order valence-corrected chi connectivity index (χ0v) is 20.7. The molecule has 2 aromatic rings. The van der Waals surface area contributed by atoms with Gasteiger partial charge in [0, 0.05) is 56.3 Å². The van der Waals surface area contributed by atoms with Crippen LogP contribution in [0.1, 0.15) is 32.4 Å². The van der Waals surface area contributed by atoms with Crippen LogP contribution in [0.3, 0.4) is 0 Å². The minimum absolute atomic E-state index is 0.0179. The number of hydrogen-bond donors (Lipinski definition) is 2. The molecule has 4 heterocycles. The molecule has 3 atom stereocenters. The predicted molar refractivity (Wildman–Crippen MR) is 124 cm³/mol. The molecule has 0 bridgehead atoms. The van der Waals surface area contributed by atoms with Crippen molar-refractivity contribution in [2.75, 3.05) is 29.9 Å². The molecule has 0 spiro atoms. The van der Waals surface area contributed by atoms with Gasteiger partial charge in [-0.1, -0.05) is 0 Å². The van der Waals surface area contributed by atoms with Gasteiger partial charge in [-0.3, -0.25) is 19.2 Å². The second kappa shape index (κ2) is 9.19. The number of anilines is 2. The van der Waals surface area contributed by atoms with E-state index in [0.29, 0.717) is 17.9 Å². The number of hydrogen-bond acceptors (Lipinski definition) is 6. The van der Waals surface area contributed by atoms with E-state index in [4.69, 9.17) is 0 Å². The van der Waals surface area contributed by atoms with Crippen LogP contribution in [-0.4, -0.2) is 74.5 Å². The van der Waals surface area contributed by atoms with E-state index in [9.17, 15) is 36.6 Å². The van der Waals surface area contributed by atoms with Crippen molar-refractivity contribution in [2.45, 2.75) is 58.1 Å². The number of nitrogens with one attached hydrogen (secondary N) is 1. The number of aliphatic hydroxyl groups excluding tert-OH is 1. The number of halogens is 5. The molecule has 2 unspecified atom stereocenters. The van der Waals surface area contributed by atoms with Crippen LogP contribution in [-0.2, 0) is 22.7 Å². The molecule has 2 saturated heterocycles. The normalized spacial score (nSPS) is 26.1. The average Bonchev–Trinajstić information content (AvgIpc) is 3.50. The van der Waals surface area contributed by atoms with Crippen LogP contribution >= 0.6 is 0 Å². The van der Waals surface area contributed by atoms with Gasteiger partial charge in [0.25, 0.3) is 5.92 Å². The molecule has 0 radical (unpaired) electrons. The first-order chi connectivity index (χ1) is 17.8. The van der Waals surface area contributed by atoms with Gasteiger partial charge < -0.3 is 20.2 Å². The Balaban J connectivity index is 1.33. The number of carbonyl (C=O) groups excluding carboxylic acids is 2. The lowest BCUT2D eigenvalue weighted by Crippen LogP contribution is -2.50. The van der Waals surface area contributed by atoms with Crippen molar-refractivity contribution in [2.24, 2.45) is 5.41 Å². The van der Waals surface area contributed by atoms with Crippen molar-refractivity contribution < 1.29 is 36.6 Å². The van der Waals surface area contributed by atoms with E-state index in [-0.39, 0.29) is 43.7 Å². The maximum absolute atomic E-state index is 13.7. The molecule has 38 heavy (non-hydrogen) atoms. The van der Waals surface area contributed by atoms with Crippen LogP contribution in [0.15, 0.2) is 18.3 Å². The molecule has 2 amide bonds. The Bertz CT molecular complexity index is 1270. The summed E-state index contributed by atoms with van der Waals surface area (Å²) in [6, 6.07) is 1.15. The summed E-state index contributed by atoms with van der Waals surface area (Å²) in [5.74, 6) is -8.24. The van der Waals surface area contributed by atoms with Gasteiger partial charge in [-0.2, -0.15) is 5.10 Å². The third-order valence-electron chi connectivity index (χ3n) is 7.47. The minimum Gasteiger partial charge on any atom is -0.361 e. The SMILES string of the molecule is C[C@H]1Cn2ncc(N3CC(C)(C(=O)N4CCC(F)(F)C4)CC3=O)c2CN1C(O)Nc1cc(F)c(F)c(F)c1. The summed E-state index contributed by atoms with van der Waals surface area (Å²) in [4.78, 5) is 30.2. The molecular weight excluding hydrogens is 515 g/mol. The highest BCUT2D eigenvalue weighted by Gasteiger charge is 2.51. The van der Waals surface area contributed by atoms with Crippen molar-refractivity contribution in [1.82, 2.24) is 19.6 Å². The number of alkyl halides is 2. The Kier molecular flexibility index (Phi) is 6.37. The Hall–Kier alpha value is -3.26. The maximum atomic E-state index is 13.7. The first-order valence-electron chi connectivity index (χ1n) is 12.2. The molecule has 14 heteroatoms. The Morgan fingerprint density at radius 3 is 2.53 bits per heavy atom. The molecule has 1 aromatic heterocycles. The summed E-state index contributed by atoms with van der Waals surface area (Å²) in [6.45, 7) is 3.00. The fourth-order valence-corrected chi connectivity index (χ4v) is 5.40. The van der Waals surface area contributed by atoms with Crippen LogP contribution in [0.5, 0.6) is 0 Å². The Morgan fingerprint density at radius 1 is 1.21 bits per heavy atom. The molecule has 2 fully saturated rings. The molecule has 1 aromatic carbocycles. The molecule has 9 nitrogen and oxygen atoms in total. The first-order valence-corrected chi connectivity index (χ1v) is 12.2. The van der Waals surface area contributed by atoms with Gasteiger partial charge in [-0.05, 0) is 13.8 Å². The first kappa shape index (κ1) is 26.4. The van der Waals surface area contributed by atoms with Crippen molar-refractivity contribution in [1.29, 1.82) is 0 Å². The van der Waals surface area contributed by atoms with Gasteiger partial charge in [0.2, 0.25) is 11.8 Å². The molecule has 3 aliphatic heterocycles. The van der Waals surface area contributed by atoms with Crippen LogP contribution in [0, 0.1) is 22.9 Å². The second-order valence-corrected chi connectivity index (χ2v) is 10.5. The summed E-state index contributed by atoms with van der Waals surface area (Å²) >= 11 is 0. The maximum Gasteiger partial charge on any atom is 0.267 e. The van der Waals surface area contributed by atoms with E-state index in [1.165, 1.54) is 11.1 Å². The highest BCUT2D eigenvalue weighted by molar-refractivity contribution is 6.02. The summed E-state index contributed by atoms with van der Waals surface area (Å²) in [6.07, 6.45) is -0.507. The minimum atomic E-state index is -2.94. The van der Waals surface area contributed by atoms with Gasteiger partial charge in [0.1, 0.15) is 0 Å². The number of rotatable bonds is 5. The van der Waals surface area contributed by atoms with E-state index in [1.807, 2.05) is 0 Å². The lowest BCUT2D eigenvalue weighted by atomic mass is 9.88. The number of aromatic nitrogens is 2. The average molecular weight is 543 g/mol. The predicted octanol–water partition coefficient (Wildman–Crippen LogP) is 2.50. The van der Waals surface area contributed by atoms with Gasteiger partial charge in [-0.25, -0.2) is 22.0 Å². The fraction of sp³-hybridized carbons (Fsp3) is 0.542. The summed E-state index contributed by atoms with van der Waals surface area (Å²) < 4.78 is 69.6. The molecule has 0 saturated carbocycles. The van der Waals surface area contributed by atoms with Gasteiger partial charge in [0.05, 0.1) is 36.1 Å². The smallest absolute Gasteiger partial charge is 0.267 e. The van der Waals surface area contributed by atoms with Gasteiger partial charge in [0.15, 0.2) is 23.8 Å². The Labute approximate surface area is 214 Å². The lowest BCUT2D eigenvalue weighted by Gasteiger charge is -2.38.